The van der Waals surface area contributed by atoms with Crippen LogP contribution in [0, 0.1) is 6.92 Å². The third-order valence-electron chi connectivity index (χ3n) is 4.32. The fourth-order valence-electron chi connectivity index (χ4n) is 2.78. The van der Waals surface area contributed by atoms with Gasteiger partial charge in [0, 0.05) is 18.2 Å². The molecule has 0 aliphatic carbocycles. The number of benzene rings is 1. The highest BCUT2D eigenvalue weighted by molar-refractivity contribution is 5.89. The number of H-pyrrole nitrogens is 1. The summed E-state index contributed by atoms with van der Waals surface area (Å²) in [6, 6.07) is 6.30. The molecule has 1 aliphatic heterocycles. The van der Waals surface area contributed by atoms with Gasteiger partial charge < -0.3 is 14.2 Å². The van der Waals surface area contributed by atoms with Crippen LogP contribution < -0.4 is 16.0 Å². The number of nitrogens with one attached hydrogen (secondary N) is 1. The van der Waals surface area contributed by atoms with Crippen molar-refractivity contribution < 1.29 is 23.4 Å². The number of rotatable bonds is 5. The van der Waals surface area contributed by atoms with Crippen LogP contribution >= 0.6 is 0 Å². The number of halogens is 1. The van der Waals surface area contributed by atoms with E-state index in [4.69, 9.17) is 14.2 Å². The molecule has 1 fully saturated rings. The van der Waals surface area contributed by atoms with E-state index in [1.807, 2.05) is 0 Å². The first-order valence-corrected chi connectivity index (χ1v) is 8.32. The minimum Gasteiger partial charge on any atom is -0.497 e. The predicted molar refractivity (Wildman–Crippen MR) is 92.8 cm³/mol. The monoisotopic (exact) mass is 378 g/mol. The molecular weight excluding hydrogens is 359 g/mol. The van der Waals surface area contributed by atoms with Crippen molar-refractivity contribution in [1.82, 2.24) is 9.55 Å². The number of nitrogens with zero attached hydrogens (tertiary/aromatic N) is 1. The summed E-state index contributed by atoms with van der Waals surface area (Å²) < 4.78 is 31.1. The molecule has 1 aromatic carbocycles. The minimum atomic E-state index is -1.42. The van der Waals surface area contributed by atoms with Gasteiger partial charge in [-0.05, 0) is 31.2 Å². The van der Waals surface area contributed by atoms with E-state index in [0.29, 0.717) is 16.9 Å². The second-order valence-electron chi connectivity index (χ2n) is 6.19. The largest absolute Gasteiger partial charge is 0.497 e. The van der Waals surface area contributed by atoms with Gasteiger partial charge >= 0.3 is 11.7 Å². The smallest absolute Gasteiger partial charge is 0.338 e. The average molecular weight is 378 g/mol. The van der Waals surface area contributed by atoms with E-state index in [1.165, 1.54) is 32.4 Å². The Bertz CT molecular complexity index is 936. The highest BCUT2D eigenvalue weighted by Gasteiger charge is 2.37. The predicted octanol–water partition coefficient (Wildman–Crippen LogP) is 1.34. The van der Waals surface area contributed by atoms with Crippen LogP contribution in [-0.2, 0) is 9.47 Å². The number of aromatic nitrogens is 2. The van der Waals surface area contributed by atoms with Gasteiger partial charge in [0.25, 0.3) is 5.56 Å². The molecule has 3 rings (SSSR count). The van der Waals surface area contributed by atoms with Gasteiger partial charge in [-0.1, -0.05) is 0 Å². The summed E-state index contributed by atoms with van der Waals surface area (Å²) >= 11 is 0. The van der Waals surface area contributed by atoms with Crippen molar-refractivity contribution in [3.8, 4) is 5.75 Å². The van der Waals surface area contributed by atoms with E-state index < -0.39 is 35.7 Å². The Morgan fingerprint density at radius 3 is 2.70 bits per heavy atom. The van der Waals surface area contributed by atoms with Gasteiger partial charge in [0.1, 0.15) is 30.9 Å². The van der Waals surface area contributed by atoms with Crippen LogP contribution in [-0.4, -0.2) is 41.5 Å². The maximum Gasteiger partial charge on any atom is 0.338 e. The van der Waals surface area contributed by atoms with Crippen molar-refractivity contribution in [3.05, 3.63) is 62.4 Å². The Kier molecular flexibility index (Phi) is 5.41. The number of aryl methyl sites for hydroxylation is 1. The van der Waals surface area contributed by atoms with Gasteiger partial charge in [-0.15, -0.1) is 0 Å². The summed E-state index contributed by atoms with van der Waals surface area (Å²) in [6.07, 6.45) is -2.07. The number of carbonyl (C=O) groups excluding carboxylic acids is 1. The molecule has 0 amide bonds. The first-order chi connectivity index (χ1) is 12.9. The van der Waals surface area contributed by atoms with Gasteiger partial charge in [0.2, 0.25) is 0 Å². The minimum absolute atomic E-state index is 0.0872. The Hall–Kier alpha value is -2.94. The molecule has 0 unspecified atom stereocenters. The van der Waals surface area contributed by atoms with Crippen molar-refractivity contribution >= 4 is 5.97 Å². The summed E-state index contributed by atoms with van der Waals surface area (Å²) in [5.74, 6) is -0.0204. The lowest BCUT2D eigenvalue weighted by atomic mass is 10.2. The molecule has 0 spiro atoms. The molecule has 27 heavy (non-hydrogen) atoms. The number of aromatic amines is 1. The van der Waals surface area contributed by atoms with Crippen LogP contribution in [0.1, 0.15) is 28.6 Å². The molecule has 0 saturated carbocycles. The van der Waals surface area contributed by atoms with E-state index in [1.54, 1.807) is 12.1 Å². The van der Waals surface area contributed by atoms with E-state index in [9.17, 15) is 18.8 Å². The Labute approximate surface area is 153 Å². The fraction of sp³-hybridized carbons (Fsp3) is 0.389. The standard InChI is InChI=1S/C18H19FN2O6/c1-10-8-21(18(24)20-16(10)22)15-7-13(19)14(27-15)9-26-17(23)11-3-5-12(25-2)6-4-11/h3-6,8,13-15H,7,9H2,1-2H3,(H,20,22,24)/t13-,14-,15-/m1/s1. The highest BCUT2D eigenvalue weighted by atomic mass is 19.1. The molecule has 1 aliphatic rings. The SMILES string of the molecule is COc1ccc(C(=O)OC[C@H]2O[C@@H](n3cc(C)c(=O)[nH]c3=O)C[C@H]2F)cc1. The van der Waals surface area contributed by atoms with Crippen molar-refractivity contribution in [2.75, 3.05) is 13.7 Å². The van der Waals surface area contributed by atoms with Crippen LogP contribution in [0.15, 0.2) is 40.1 Å². The van der Waals surface area contributed by atoms with Gasteiger partial charge in [-0.3, -0.25) is 14.3 Å². The van der Waals surface area contributed by atoms with Gasteiger partial charge in [-0.25, -0.2) is 14.0 Å². The van der Waals surface area contributed by atoms with E-state index in [2.05, 4.69) is 4.98 Å². The second kappa shape index (κ2) is 7.75. The number of carbonyl (C=O) groups is 1. The molecular formula is C18H19FN2O6. The lowest BCUT2D eigenvalue weighted by molar-refractivity contribution is -0.0440. The molecule has 3 atom stereocenters. The zero-order chi connectivity index (χ0) is 19.6. The van der Waals surface area contributed by atoms with Crippen LogP contribution in [0.5, 0.6) is 5.75 Å². The normalized spacial score (nSPS) is 21.8. The zero-order valence-electron chi connectivity index (χ0n) is 14.8. The topological polar surface area (TPSA) is 99.6 Å². The zero-order valence-corrected chi connectivity index (χ0v) is 14.8. The van der Waals surface area contributed by atoms with Crippen LogP contribution in [0.25, 0.3) is 0 Å². The molecule has 1 aromatic heterocycles. The number of alkyl halides is 1. The molecule has 8 nitrogen and oxygen atoms in total. The Morgan fingerprint density at radius 1 is 1.33 bits per heavy atom. The molecule has 0 bridgehead atoms. The summed E-state index contributed by atoms with van der Waals surface area (Å²) in [7, 11) is 1.51. The maximum atomic E-state index is 14.3. The first kappa shape index (κ1) is 18.8. The number of methoxy groups -OCH3 is 1. The van der Waals surface area contributed by atoms with Gasteiger partial charge in [0.05, 0.1) is 12.7 Å². The van der Waals surface area contributed by atoms with Crippen molar-refractivity contribution in [3.63, 3.8) is 0 Å². The third-order valence-corrected chi connectivity index (χ3v) is 4.32. The maximum absolute atomic E-state index is 14.3. The molecule has 2 heterocycles. The Morgan fingerprint density at radius 2 is 2.04 bits per heavy atom. The van der Waals surface area contributed by atoms with E-state index >= 15 is 0 Å². The number of ether oxygens (including phenoxy) is 3. The Balaban J connectivity index is 1.63. The third kappa shape index (κ3) is 4.08. The second-order valence-corrected chi connectivity index (χ2v) is 6.19. The summed E-state index contributed by atoms with van der Waals surface area (Å²) in [6.45, 7) is 1.24. The van der Waals surface area contributed by atoms with Gasteiger partial charge in [-0.2, -0.15) is 0 Å². The molecule has 0 radical (unpaired) electrons. The van der Waals surface area contributed by atoms with Crippen molar-refractivity contribution in [2.45, 2.75) is 31.8 Å². The lowest BCUT2D eigenvalue weighted by Gasteiger charge is -2.16. The molecule has 9 heteroatoms. The number of hydrogen-bond donors (Lipinski definition) is 1. The van der Waals surface area contributed by atoms with Crippen LogP contribution in [0.3, 0.4) is 0 Å². The van der Waals surface area contributed by atoms with Crippen molar-refractivity contribution in [1.29, 1.82) is 0 Å². The quantitative estimate of drug-likeness (QED) is 0.788. The van der Waals surface area contributed by atoms with Crippen molar-refractivity contribution in [2.24, 2.45) is 0 Å². The number of esters is 1. The summed E-state index contributed by atoms with van der Waals surface area (Å²) in [5.41, 5.74) is -0.578. The lowest BCUT2D eigenvalue weighted by Crippen LogP contribution is -2.33. The van der Waals surface area contributed by atoms with Crippen LogP contribution in [0.4, 0.5) is 4.39 Å². The molecule has 144 valence electrons. The highest BCUT2D eigenvalue weighted by Crippen LogP contribution is 2.30. The summed E-state index contributed by atoms with van der Waals surface area (Å²) in [5, 5.41) is 0. The first-order valence-electron chi connectivity index (χ1n) is 8.32. The molecule has 1 N–H and O–H groups in total. The fourth-order valence-corrected chi connectivity index (χ4v) is 2.78. The number of hydrogen-bond acceptors (Lipinski definition) is 6. The summed E-state index contributed by atoms with van der Waals surface area (Å²) in [4.78, 5) is 37.6. The van der Waals surface area contributed by atoms with E-state index in [-0.39, 0.29) is 13.0 Å². The van der Waals surface area contributed by atoms with Gasteiger partial charge in [0.15, 0.2) is 0 Å². The van der Waals surface area contributed by atoms with E-state index in [0.717, 1.165) is 4.57 Å². The van der Waals surface area contributed by atoms with Crippen LogP contribution in [0.2, 0.25) is 0 Å². The molecule has 1 saturated heterocycles. The average Bonchev–Trinajstić information content (AvgIpc) is 3.03. The molecule has 2 aromatic rings.